The number of carbonyl (C=O) groups excluding carboxylic acids is 2. The van der Waals surface area contributed by atoms with Gasteiger partial charge in [0.2, 0.25) is 5.91 Å². The van der Waals surface area contributed by atoms with Gasteiger partial charge in [-0.05, 0) is 50.5 Å². The zero-order chi connectivity index (χ0) is 17.4. The van der Waals surface area contributed by atoms with Crippen LogP contribution < -0.4 is 9.80 Å². The number of nitrogens with zero attached hydrogens (tertiary/aromatic N) is 2. The van der Waals surface area contributed by atoms with E-state index in [4.69, 9.17) is 0 Å². The number of carbonyl (C=O) groups is 2. The summed E-state index contributed by atoms with van der Waals surface area (Å²) in [7, 11) is 0. The summed E-state index contributed by atoms with van der Waals surface area (Å²) in [6, 6.07) is 15.4. The average molecular weight is 334 g/mol. The Balaban J connectivity index is 1.72. The van der Waals surface area contributed by atoms with Crippen molar-refractivity contribution >= 4 is 23.2 Å². The highest BCUT2D eigenvalue weighted by molar-refractivity contribution is 6.10. The number of anilines is 2. The molecule has 0 radical (unpaired) electrons. The summed E-state index contributed by atoms with van der Waals surface area (Å²) in [6.45, 7) is 3.28. The molecule has 0 unspecified atom stereocenters. The first-order valence-electron chi connectivity index (χ1n) is 8.94. The number of aryl methyl sites for hydroxylation is 1. The first kappa shape index (κ1) is 15.9. The molecule has 0 atom stereocenters. The van der Waals surface area contributed by atoms with Crippen LogP contribution in [0.2, 0.25) is 0 Å². The zero-order valence-electron chi connectivity index (χ0n) is 14.4. The summed E-state index contributed by atoms with van der Waals surface area (Å²) in [4.78, 5) is 29.5. The second kappa shape index (κ2) is 6.36. The molecule has 1 heterocycles. The molecule has 0 N–H and O–H groups in total. The number of para-hydroxylation sites is 2. The van der Waals surface area contributed by atoms with Crippen LogP contribution in [0.15, 0.2) is 48.5 Å². The zero-order valence-corrected chi connectivity index (χ0v) is 14.4. The standard InChI is InChI=1S/C21H22N2O2/c1-15-6-4-7-17(14-15)21(25)23-13-5-12-22(20(24)16-10-11-16)18-8-2-3-9-19(18)23/h2-4,6-9,14,16H,5,10-13H2,1H3. The number of benzene rings is 2. The van der Waals surface area contributed by atoms with Gasteiger partial charge in [-0.3, -0.25) is 9.59 Å². The van der Waals surface area contributed by atoms with Gasteiger partial charge in [0.05, 0.1) is 11.4 Å². The second-order valence-corrected chi connectivity index (χ2v) is 6.93. The lowest BCUT2D eigenvalue weighted by molar-refractivity contribution is -0.119. The van der Waals surface area contributed by atoms with Gasteiger partial charge in [-0.15, -0.1) is 0 Å². The summed E-state index contributed by atoms with van der Waals surface area (Å²) in [5.74, 6) is 0.376. The first-order chi connectivity index (χ1) is 12.1. The number of fused-ring (bicyclic) bond motifs is 1. The van der Waals surface area contributed by atoms with Crippen molar-refractivity contribution in [3.63, 3.8) is 0 Å². The van der Waals surface area contributed by atoms with E-state index in [1.165, 1.54) is 0 Å². The molecule has 0 aromatic heterocycles. The van der Waals surface area contributed by atoms with Gasteiger partial charge in [-0.1, -0.05) is 29.8 Å². The average Bonchev–Trinajstić information content (AvgIpc) is 3.47. The van der Waals surface area contributed by atoms with Crippen molar-refractivity contribution in [3.05, 3.63) is 59.7 Å². The molecule has 0 bridgehead atoms. The summed E-state index contributed by atoms with van der Waals surface area (Å²) < 4.78 is 0. The molecule has 1 aliphatic heterocycles. The van der Waals surface area contributed by atoms with Crippen LogP contribution >= 0.6 is 0 Å². The number of hydrogen-bond acceptors (Lipinski definition) is 2. The Labute approximate surface area is 148 Å². The first-order valence-corrected chi connectivity index (χ1v) is 8.94. The summed E-state index contributed by atoms with van der Waals surface area (Å²) in [5, 5.41) is 0. The van der Waals surface area contributed by atoms with Crippen molar-refractivity contribution in [2.24, 2.45) is 5.92 Å². The Hall–Kier alpha value is -2.62. The highest BCUT2D eigenvalue weighted by Gasteiger charge is 2.36. The van der Waals surface area contributed by atoms with E-state index < -0.39 is 0 Å². The van der Waals surface area contributed by atoms with Crippen molar-refractivity contribution in [2.75, 3.05) is 22.9 Å². The van der Waals surface area contributed by atoms with Crippen molar-refractivity contribution in [1.82, 2.24) is 0 Å². The van der Waals surface area contributed by atoms with Crippen LogP contribution in [0.25, 0.3) is 0 Å². The van der Waals surface area contributed by atoms with E-state index in [2.05, 4.69) is 0 Å². The molecule has 2 aliphatic rings. The maximum Gasteiger partial charge on any atom is 0.258 e. The van der Waals surface area contributed by atoms with Crippen molar-refractivity contribution in [3.8, 4) is 0 Å². The Morgan fingerprint density at radius 1 is 0.920 bits per heavy atom. The van der Waals surface area contributed by atoms with Crippen LogP contribution in [0.5, 0.6) is 0 Å². The maximum atomic E-state index is 13.1. The Morgan fingerprint density at radius 2 is 1.60 bits per heavy atom. The van der Waals surface area contributed by atoms with Crippen LogP contribution in [0, 0.1) is 12.8 Å². The van der Waals surface area contributed by atoms with E-state index in [1.807, 2.05) is 65.3 Å². The lowest BCUT2D eigenvalue weighted by Gasteiger charge is -2.25. The van der Waals surface area contributed by atoms with Gasteiger partial charge >= 0.3 is 0 Å². The third kappa shape index (κ3) is 3.04. The van der Waals surface area contributed by atoms with Crippen LogP contribution in [0.4, 0.5) is 11.4 Å². The van der Waals surface area contributed by atoms with E-state index in [1.54, 1.807) is 0 Å². The van der Waals surface area contributed by atoms with Gasteiger partial charge in [0.25, 0.3) is 5.91 Å². The highest BCUT2D eigenvalue weighted by atomic mass is 16.2. The Bertz CT molecular complexity index is 826. The summed E-state index contributed by atoms with van der Waals surface area (Å²) in [6.07, 6.45) is 2.76. The Kier molecular flexibility index (Phi) is 4.04. The van der Waals surface area contributed by atoms with E-state index in [0.717, 1.165) is 36.2 Å². The fourth-order valence-corrected chi connectivity index (χ4v) is 3.47. The van der Waals surface area contributed by atoms with Gasteiger partial charge in [-0.2, -0.15) is 0 Å². The van der Waals surface area contributed by atoms with Gasteiger partial charge in [0.1, 0.15) is 0 Å². The van der Waals surface area contributed by atoms with Gasteiger partial charge in [0, 0.05) is 24.6 Å². The molecule has 2 aromatic carbocycles. The van der Waals surface area contributed by atoms with Crippen molar-refractivity contribution in [2.45, 2.75) is 26.2 Å². The van der Waals surface area contributed by atoms with Gasteiger partial charge in [0.15, 0.2) is 0 Å². The highest BCUT2D eigenvalue weighted by Crippen LogP contribution is 2.38. The van der Waals surface area contributed by atoms with Crippen LogP contribution in [-0.4, -0.2) is 24.9 Å². The van der Waals surface area contributed by atoms with Gasteiger partial charge in [-0.25, -0.2) is 0 Å². The van der Waals surface area contributed by atoms with E-state index in [0.29, 0.717) is 18.7 Å². The third-order valence-electron chi connectivity index (χ3n) is 4.93. The molecule has 4 nitrogen and oxygen atoms in total. The largest absolute Gasteiger partial charge is 0.310 e. The van der Waals surface area contributed by atoms with Crippen LogP contribution in [-0.2, 0) is 4.79 Å². The van der Waals surface area contributed by atoms with Crippen LogP contribution in [0.1, 0.15) is 35.2 Å². The predicted molar refractivity (Wildman–Crippen MR) is 99.0 cm³/mol. The lowest BCUT2D eigenvalue weighted by Crippen LogP contribution is -2.32. The Morgan fingerprint density at radius 3 is 2.28 bits per heavy atom. The fourth-order valence-electron chi connectivity index (χ4n) is 3.47. The molecule has 1 aliphatic carbocycles. The quantitative estimate of drug-likeness (QED) is 0.838. The molecule has 25 heavy (non-hydrogen) atoms. The SMILES string of the molecule is Cc1cccc(C(=O)N2CCCN(C(=O)C3CC3)c3ccccc32)c1. The number of hydrogen-bond donors (Lipinski definition) is 0. The molecular weight excluding hydrogens is 312 g/mol. The lowest BCUT2D eigenvalue weighted by atomic mass is 10.1. The summed E-state index contributed by atoms with van der Waals surface area (Å²) in [5.41, 5.74) is 3.45. The molecule has 0 saturated heterocycles. The molecule has 4 heteroatoms. The molecule has 4 rings (SSSR count). The predicted octanol–water partition coefficient (Wildman–Crippen LogP) is 3.79. The summed E-state index contributed by atoms with van der Waals surface area (Å²) >= 11 is 0. The van der Waals surface area contributed by atoms with E-state index in [9.17, 15) is 9.59 Å². The van der Waals surface area contributed by atoms with E-state index >= 15 is 0 Å². The minimum Gasteiger partial charge on any atom is -0.310 e. The second-order valence-electron chi connectivity index (χ2n) is 6.93. The molecule has 1 fully saturated rings. The van der Waals surface area contributed by atoms with Gasteiger partial charge < -0.3 is 9.80 Å². The van der Waals surface area contributed by atoms with E-state index in [-0.39, 0.29) is 17.7 Å². The van der Waals surface area contributed by atoms with Crippen molar-refractivity contribution < 1.29 is 9.59 Å². The number of rotatable bonds is 2. The topological polar surface area (TPSA) is 40.6 Å². The monoisotopic (exact) mass is 334 g/mol. The number of amides is 2. The fraction of sp³-hybridized carbons (Fsp3) is 0.333. The van der Waals surface area contributed by atoms with Crippen LogP contribution in [0.3, 0.4) is 0 Å². The maximum absolute atomic E-state index is 13.1. The van der Waals surface area contributed by atoms with Crippen molar-refractivity contribution in [1.29, 1.82) is 0 Å². The molecule has 2 aromatic rings. The molecule has 2 amide bonds. The minimum absolute atomic E-state index is 0.00290. The molecule has 0 spiro atoms. The minimum atomic E-state index is -0.00290. The third-order valence-corrected chi connectivity index (χ3v) is 4.93. The molecular formula is C21H22N2O2. The molecule has 1 saturated carbocycles. The molecule has 128 valence electrons. The smallest absolute Gasteiger partial charge is 0.258 e. The normalized spacial score (nSPS) is 17.0.